The maximum Gasteiger partial charge on any atom is 0.416 e. The summed E-state index contributed by atoms with van der Waals surface area (Å²) < 4.78 is 39.3. The lowest BCUT2D eigenvalue weighted by atomic mass is 10.1. The first-order valence-corrected chi connectivity index (χ1v) is 6.45. The molecule has 1 aromatic carbocycles. The van der Waals surface area contributed by atoms with E-state index in [0.29, 0.717) is 11.3 Å². The van der Waals surface area contributed by atoms with E-state index in [2.05, 4.69) is 36.8 Å². The molecule has 0 amide bonds. The van der Waals surface area contributed by atoms with Gasteiger partial charge in [0.25, 0.3) is 0 Å². The first kappa shape index (κ1) is 13.5. The Bertz CT molecular complexity index is 582. The van der Waals surface area contributed by atoms with E-state index in [0.717, 1.165) is 21.1 Å². The minimum absolute atomic E-state index is 0.429. The van der Waals surface area contributed by atoms with Crippen LogP contribution in [0, 0.1) is 0 Å². The van der Waals surface area contributed by atoms with Gasteiger partial charge in [-0.3, -0.25) is 4.98 Å². The highest BCUT2D eigenvalue weighted by atomic mass is 79.9. The third-order valence-electron chi connectivity index (χ3n) is 2.29. The van der Waals surface area contributed by atoms with Crippen molar-refractivity contribution in [3.05, 3.63) is 51.0 Å². The van der Waals surface area contributed by atoms with Crippen LogP contribution in [-0.4, -0.2) is 4.98 Å². The number of benzene rings is 1. The van der Waals surface area contributed by atoms with Crippen LogP contribution in [0.15, 0.2) is 45.5 Å². The van der Waals surface area contributed by atoms with Crippen molar-refractivity contribution in [2.45, 2.75) is 6.18 Å². The van der Waals surface area contributed by atoms with Crippen molar-refractivity contribution in [2.24, 2.45) is 0 Å². The van der Waals surface area contributed by atoms with Crippen LogP contribution in [0.5, 0.6) is 0 Å². The van der Waals surface area contributed by atoms with E-state index in [-0.39, 0.29) is 0 Å². The molecule has 0 fully saturated rings. The molecule has 0 saturated heterocycles. The zero-order chi connectivity index (χ0) is 13.3. The Morgan fingerprint density at radius 3 is 2.33 bits per heavy atom. The minimum atomic E-state index is -4.34. The molecule has 18 heavy (non-hydrogen) atoms. The summed E-state index contributed by atoms with van der Waals surface area (Å²) in [5.74, 6) is 0. The van der Waals surface area contributed by atoms with Crippen molar-refractivity contribution in [3.8, 4) is 11.3 Å². The Morgan fingerprint density at radius 1 is 1.00 bits per heavy atom. The monoisotopic (exact) mass is 379 g/mol. The molecule has 1 heterocycles. The van der Waals surface area contributed by atoms with E-state index in [9.17, 15) is 13.2 Å². The Morgan fingerprint density at radius 2 is 1.72 bits per heavy atom. The first-order chi connectivity index (χ1) is 8.38. The maximum atomic E-state index is 12.6. The lowest BCUT2D eigenvalue weighted by molar-refractivity contribution is -0.137. The second kappa shape index (κ2) is 5.01. The number of alkyl halides is 3. The van der Waals surface area contributed by atoms with Gasteiger partial charge in [-0.05, 0) is 50.1 Å². The van der Waals surface area contributed by atoms with Gasteiger partial charge in [0.05, 0.1) is 15.7 Å². The molecule has 0 unspecified atom stereocenters. The Hall–Kier alpha value is -0.880. The zero-order valence-electron chi connectivity index (χ0n) is 8.80. The van der Waals surface area contributed by atoms with E-state index in [1.807, 2.05) is 0 Å². The van der Waals surface area contributed by atoms with Crippen LogP contribution in [-0.2, 0) is 6.18 Å². The fourth-order valence-corrected chi connectivity index (χ4v) is 1.96. The van der Waals surface area contributed by atoms with Crippen molar-refractivity contribution >= 4 is 31.9 Å². The average Bonchev–Trinajstić information content (AvgIpc) is 2.32. The third-order valence-corrected chi connectivity index (χ3v) is 4.11. The average molecular weight is 381 g/mol. The fraction of sp³-hybridized carbons (Fsp3) is 0.0833. The van der Waals surface area contributed by atoms with Crippen LogP contribution in [0.4, 0.5) is 13.2 Å². The summed E-state index contributed by atoms with van der Waals surface area (Å²) in [6.45, 7) is 0. The molecule has 0 saturated carbocycles. The molecule has 0 aliphatic carbocycles. The number of aromatic nitrogens is 1. The van der Waals surface area contributed by atoms with Gasteiger partial charge in [0.15, 0.2) is 0 Å². The molecule has 0 radical (unpaired) electrons. The highest BCUT2D eigenvalue weighted by molar-refractivity contribution is 9.13. The van der Waals surface area contributed by atoms with Crippen molar-refractivity contribution in [2.75, 3.05) is 0 Å². The van der Waals surface area contributed by atoms with E-state index < -0.39 is 11.7 Å². The standard InChI is InChI=1S/C12H6Br2F3N/c13-9-5-11(18-6-10(9)14)7-2-1-3-8(4-7)12(15,16)17/h1-6H. The van der Waals surface area contributed by atoms with E-state index in [1.165, 1.54) is 6.07 Å². The summed E-state index contributed by atoms with van der Waals surface area (Å²) in [5, 5.41) is 0. The van der Waals surface area contributed by atoms with Crippen LogP contribution in [0.1, 0.15) is 5.56 Å². The second-order valence-corrected chi connectivity index (χ2v) is 5.27. The maximum absolute atomic E-state index is 12.6. The van der Waals surface area contributed by atoms with Gasteiger partial charge >= 0.3 is 6.18 Å². The van der Waals surface area contributed by atoms with Gasteiger partial charge in [-0.15, -0.1) is 0 Å². The summed E-state index contributed by atoms with van der Waals surface area (Å²) in [5.41, 5.74) is 0.232. The fourth-order valence-electron chi connectivity index (χ4n) is 1.43. The number of hydrogen-bond acceptors (Lipinski definition) is 1. The third kappa shape index (κ3) is 2.92. The van der Waals surface area contributed by atoms with Gasteiger partial charge in [-0.1, -0.05) is 12.1 Å². The molecule has 0 N–H and O–H groups in total. The van der Waals surface area contributed by atoms with Gasteiger partial charge < -0.3 is 0 Å². The highest BCUT2D eigenvalue weighted by Gasteiger charge is 2.30. The van der Waals surface area contributed by atoms with Crippen LogP contribution in [0.3, 0.4) is 0 Å². The minimum Gasteiger partial charge on any atom is -0.255 e. The second-order valence-electron chi connectivity index (χ2n) is 3.56. The van der Waals surface area contributed by atoms with Gasteiger partial charge in [-0.25, -0.2) is 0 Å². The highest BCUT2D eigenvalue weighted by Crippen LogP contribution is 2.33. The number of hydrogen-bond donors (Lipinski definition) is 0. The van der Waals surface area contributed by atoms with Gasteiger partial charge in [0.2, 0.25) is 0 Å². The van der Waals surface area contributed by atoms with Gasteiger partial charge in [0.1, 0.15) is 0 Å². The summed E-state index contributed by atoms with van der Waals surface area (Å²) in [6, 6.07) is 6.76. The molecular weight excluding hydrogens is 375 g/mol. The molecule has 1 nitrogen and oxygen atoms in total. The van der Waals surface area contributed by atoms with Crippen molar-refractivity contribution in [3.63, 3.8) is 0 Å². The zero-order valence-corrected chi connectivity index (χ0v) is 12.0. The number of rotatable bonds is 1. The molecule has 2 rings (SSSR count). The molecule has 0 aliphatic heterocycles. The first-order valence-electron chi connectivity index (χ1n) is 4.86. The molecule has 0 spiro atoms. The Kier molecular flexibility index (Phi) is 3.77. The molecule has 0 bridgehead atoms. The lowest BCUT2D eigenvalue weighted by Gasteiger charge is -2.08. The van der Waals surface area contributed by atoms with E-state index in [4.69, 9.17) is 0 Å². The molecular formula is C12H6Br2F3N. The van der Waals surface area contributed by atoms with Crippen LogP contribution < -0.4 is 0 Å². The van der Waals surface area contributed by atoms with Gasteiger partial charge in [-0.2, -0.15) is 13.2 Å². The van der Waals surface area contributed by atoms with Crippen molar-refractivity contribution in [1.29, 1.82) is 0 Å². The SMILES string of the molecule is FC(F)(F)c1cccc(-c2cc(Br)c(Br)cn2)c1. The lowest BCUT2D eigenvalue weighted by Crippen LogP contribution is -2.04. The van der Waals surface area contributed by atoms with Gasteiger partial charge in [0, 0.05) is 16.2 Å². The summed E-state index contributed by atoms with van der Waals surface area (Å²) in [4.78, 5) is 4.09. The molecule has 2 aromatic rings. The molecule has 0 aliphatic rings. The summed E-state index contributed by atoms with van der Waals surface area (Å²) in [6.07, 6.45) is -2.80. The largest absolute Gasteiger partial charge is 0.416 e. The summed E-state index contributed by atoms with van der Waals surface area (Å²) in [7, 11) is 0. The van der Waals surface area contributed by atoms with Crippen molar-refractivity contribution in [1.82, 2.24) is 4.98 Å². The number of pyridine rings is 1. The van der Waals surface area contributed by atoms with Crippen molar-refractivity contribution < 1.29 is 13.2 Å². The van der Waals surface area contributed by atoms with E-state index in [1.54, 1.807) is 18.3 Å². The number of nitrogens with zero attached hydrogens (tertiary/aromatic N) is 1. The molecule has 0 atom stereocenters. The molecule has 94 valence electrons. The Labute approximate surface area is 118 Å². The topological polar surface area (TPSA) is 12.9 Å². The summed E-state index contributed by atoms with van der Waals surface area (Å²) >= 11 is 6.55. The van der Waals surface area contributed by atoms with Crippen LogP contribution >= 0.6 is 31.9 Å². The molecule has 1 aromatic heterocycles. The van der Waals surface area contributed by atoms with Crippen LogP contribution in [0.25, 0.3) is 11.3 Å². The quantitative estimate of drug-likeness (QED) is 0.654. The smallest absolute Gasteiger partial charge is 0.255 e. The predicted octanol–water partition coefficient (Wildman–Crippen LogP) is 5.29. The molecule has 6 heteroatoms. The normalized spacial score (nSPS) is 11.6. The predicted molar refractivity (Wildman–Crippen MR) is 70.1 cm³/mol. The number of halogens is 5. The van der Waals surface area contributed by atoms with Crippen LogP contribution in [0.2, 0.25) is 0 Å². The van der Waals surface area contributed by atoms with E-state index >= 15 is 0 Å². The Balaban J connectivity index is 2.48.